The molecule has 1 amide bonds. The molecule has 2 fully saturated rings. The van der Waals surface area contributed by atoms with Gasteiger partial charge >= 0.3 is 19.2 Å². The summed E-state index contributed by atoms with van der Waals surface area (Å²) < 4.78 is 23.5. The second-order valence-electron chi connectivity index (χ2n) is 15.0. The topological polar surface area (TPSA) is 172 Å². The Labute approximate surface area is 287 Å². The fourth-order valence-electron chi connectivity index (χ4n) is 6.30. The Morgan fingerprint density at radius 1 is 1.14 bits per heavy atom. The van der Waals surface area contributed by atoms with Crippen LogP contribution in [0.1, 0.15) is 79.9 Å². The molecule has 49 heavy (non-hydrogen) atoms. The van der Waals surface area contributed by atoms with E-state index in [4.69, 9.17) is 18.8 Å². The molecular weight excluding hydrogens is 631 g/mol. The van der Waals surface area contributed by atoms with Gasteiger partial charge in [0.1, 0.15) is 23.1 Å². The monoisotopic (exact) mass is 680 g/mol. The number of nitrogens with one attached hydrogen (secondary N) is 1. The molecule has 2 aromatic carbocycles. The number of azide groups is 1. The predicted molar refractivity (Wildman–Crippen MR) is 188 cm³/mol. The van der Waals surface area contributed by atoms with Crippen molar-refractivity contribution in [3.63, 3.8) is 0 Å². The highest BCUT2D eigenvalue weighted by atomic mass is 16.7. The van der Waals surface area contributed by atoms with E-state index in [1.54, 1.807) is 44.5 Å². The molecule has 2 aromatic rings. The number of amides is 1. The lowest BCUT2D eigenvalue weighted by molar-refractivity contribution is -0.156. The smallest absolute Gasteiger partial charge is 0.457 e. The first-order chi connectivity index (χ1) is 22.8. The van der Waals surface area contributed by atoms with Crippen molar-refractivity contribution in [1.29, 1.82) is 0 Å². The molecule has 3 atom stereocenters. The Kier molecular flexibility index (Phi) is 11.1. The van der Waals surface area contributed by atoms with Crippen molar-refractivity contribution < 1.29 is 28.4 Å². The lowest BCUT2D eigenvalue weighted by Crippen LogP contribution is -2.49. The number of likely N-dealkylation sites (N-methyl/N-ethyl adjacent to an activating group) is 1. The first kappa shape index (κ1) is 37.7. The van der Waals surface area contributed by atoms with Gasteiger partial charge in [-0.15, -0.1) is 0 Å². The first-order valence-corrected chi connectivity index (χ1v) is 16.8. The van der Waals surface area contributed by atoms with Gasteiger partial charge < -0.3 is 33.9 Å². The summed E-state index contributed by atoms with van der Waals surface area (Å²) in [6.45, 7) is 15.3. The van der Waals surface area contributed by atoms with Gasteiger partial charge in [-0.05, 0) is 79.2 Å². The highest BCUT2D eigenvalue weighted by Gasteiger charge is 2.55. The summed E-state index contributed by atoms with van der Waals surface area (Å²) in [5.74, 6) is -1.27. The molecule has 266 valence electrons. The first-order valence-electron chi connectivity index (χ1n) is 16.8. The number of anilines is 2. The number of esters is 1. The molecule has 2 heterocycles. The van der Waals surface area contributed by atoms with Crippen LogP contribution in [0.25, 0.3) is 10.4 Å². The molecule has 1 N–H and O–H groups in total. The maximum atomic E-state index is 14.1. The third-order valence-corrected chi connectivity index (χ3v) is 9.65. The largest absolute Gasteiger partial charge is 0.457 e. The van der Waals surface area contributed by atoms with Crippen LogP contribution in [0.5, 0.6) is 0 Å². The minimum absolute atomic E-state index is 0.139. The van der Waals surface area contributed by atoms with Crippen LogP contribution in [0, 0.1) is 5.92 Å². The summed E-state index contributed by atoms with van der Waals surface area (Å²) in [6.07, 6.45) is 0.286. The number of carbonyl (C=O) groups is 2. The maximum absolute atomic E-state index is 14.1. The van der Waals surface area contributed by atoms with Gasteiger partial charge in [-0.25, -0.2) is 4.79 Å². The number of alkyl carbamates (subject to hydrolysis) is 1. The zero-order valence-electron chi connectivity index (χ0n) is 30.1. The SMILES string of the molecule is C[C@@H](OC(=O)C1(N=[N+]=[N-])CN(c2c(N(C)CCNC(=O)OC(C)(C)C)c(=O)c2=O)C[C@@H]1CCCB1OC(C)(C)C(C)(C)O1)c1ccccc1. The van der Waals surface area contributed by atoms with E-state index < -0.39 is 64.4 Å². The minimum Gasteiger partial charge on any atom is -0.457 e. The molecule has 0 aromatic heterocycles. The molecular formula is C34H49BN6O8. The zero-order chi connectivity index (χ0) is 36.4. The van der Waals surface area contributed by atoms with E-state index in [2.05, 4.69) is 15.3 Å². The standard InChI is InChI=1S/C34H49BN6O8/c1-22(23-14-11-10-12-15-23)46-29(44)34(38-39-36)21-41(20-24(34)16-13-17-35-48-32(5,6)33(7,8)49-35)26-25(27(42)28(26)43)40(9)19-18-37-30(45)47-31(2,3)4/h10-12,14-15,22,24H,13,16-21H2,1-9H3,(H,37,45)/t22-,24+,34?/m1/s1. The number of rotatable bonds is 13. The van der Waals surface area contributed by atoms with Crippen molar-refractivity contribution in [2.24, 2.45) is 11.0 Å². The number of carbonyl (C=O) groups excluding carboxylic acids is 2. The van der Waals surface area contributed by atoms with Gasteiger partial charge in [-0.1, -0.05) is 41.9 Å². The Balaban J connectivity index is 1.57. The highest BCUT2D eigenvalue weighted by molar-refractivity contribution is 6.45. The average Bonchev–Trinajstić information content (AvgIpc) is 3.46. The Morgan fingerprint density at radius 2 is 1.78 bits per heavy atom. The summed E-state index contributed by atoms with van der Waals surface area (Å²) in [6, 6.07) is 9.21. The second kappa shape index (κ2) is 14.4. The molecule has 2 saturated heterocycles. The lowest BCUT2D eigenvalue weighted by atomic mass is 9.78. The van der Waals surface area contributed by atoms with E-state index in [0.717, 1.165) is 5.56 Å². The quantitative estimate of drug-likeness (QED) is 0.0766. The van der Waals surface area contributed by atoms with Gasteiger partial charge in [0.2, 0.25) is 0 Å². The maximum Gasteiger partial charge on any atom is 0.457 e. The average molecular weight is 681 g/mol. The van der Waals surface area contributed by atoms with Gasteiger partial charge in [0, 0.05) is 44.1 Å². The van der Waals surface area contributed by atoms with Crippen LogP contribution in [0.3, 0.4) is 0 Å². The molecule has 14 nitrogen and oxygen atoms in total. The second-order valence-corrected chi connectivity index (χ2v) is 15.0. The van der Waals surface area contributed by atoms with Crippen LogP contribution in [0.4, 0.5) is 16.2 Å². The Morgan fingerprint density at radius 3 is 2.37 bits per heavy atom. The molecule has 4 rings (SSSR count). The van der Waals surface area contributed by atoms with Crippen LogP contribution in [0.2, 0.25) is 6.32 Å². The molecule has 0 saturated carbocycles. The predicted octanol–water partition coefficient (Wildman–Crippen LogP) is 4.91. The number of hydrogen-bond acceptors (Lipinski definition) is 11. The van der Waals surface area contributed by atoms with Gasteiger partial charge in [-0.2, -0.15) is 0 Å². The molecule has 2 aliphatic rings. The van der Waals surface area contributed by atoms with E-state index >= 15 is 0 Å². The summed E-state index contributed by atoms with van der Waals surface area (Å²) in [7, 11) is 1.19. The van der Waals surface area contributed by atoms with E-state index in [9.17, 15) is 24.7 Å². The summed E-state index contributed by atoms with van der Waals surface area (Å²) in [5, 5.41) is 6.74. The van der Waals surface area contributed by atoms with E-state index in [0.29, 0.717) is 19.2 Å². The van der Waals surface area contributed by atoms with Crippen molar-refractivity contribution in [3.8, 4) is 0 Å². The minimum atomic E-state index is -1.68. The van der Waals surface area contributed by atoms with Crippen molar-refractivity contribution in [1.82, 2.24) is 5.32 Å². The molecule has 0 spiro atoms. The van der Waals surface area contributed by atoms with Gasteiger partial charge in [-0.3, -0.25) is 14.4 Å². The van der Waals surface area contributed by atoms with Crippen LogP contribution in [-0.2, 0) is 23.6 Å². The van der Waals surface area contributed by atoms with Gasteiger partial charge in [0.15, 0.2) is 5.54 Å². The number of ether oxygens (including phenoxy) is 2. The number of nitrogens with zero attached hydrogens (tertiary/aromatic N) is 5. The molecule has 0 radical (unpaired) electrons. The van der Waals surface area contributed by atoms with Gasteiger partial charge in [0.25, 0.3) is 10.9 Å². The van der Waals surface area contributed by atoms with Crippen LogP contribution >= 0.6 is 0 Å². The lowest BCUT2D eigenvalue weighted by Gasteiger charge is -2.32. The van der Waals surface area contributed by atoms with Crippen molar-refractivity contribution in [2.45, 2.75) is 103 Å². The Bertz CT molecular complexity index is 1610. The molecule has 0 aliphatic carbocycles. The molecule has 0 bridgehead atoms. The third kappa shape index (κ3) is 8.22. The van der Waals surface area contributed by atoms with Crippen molar-refractivity contribution in [2.75, 3.05) is 43.0 Å². The van der Waals surface area contributed by atoms with Gasteiger partial charge in [0.05, 0.1) is 11.2 Å². The van der Waals surface area contributed by atoms with Crippen molar-refractivity contribution >= 4 is 30.6 Å². The summed E-state index contributed by atoms with van der Waals surface area (Å²) in [4.78, 5) is 58.5. The Hall–Kier alpha value is -4.07. The van der Waals surface area contributed by atoms with Crippen LogP contribution in [0.15, 0.2) is 45.0 Å². The normalized spacial score (nSPS) is 22.0. The number of benzene rings is 1. The van der Waals surface area contributed by atoms with Crippen LogP contribution in [-0.4, -0.2) is 74.7 Å². The zero-order valence-corrected chi connectivity index (χ0v) is 30.1. The van der Waals surface area contributed by atoms with Crippen molar-refractivity contribution in [3.05, 3.63) is 66.8 Å². The fraction of sp³-hybridized carbons (Fsp3) is 0.647. The number of hydrogen-bond donors (Lipinski definition) is 1. The molecule has 1 unspecified atom stereocenters. The fourth-order valence-corrected chi connectivity index (χ4v) is 6.30. The van der Waals surface area contributed by atoms with E-state index in [1.807, 2.05) is 58.0 Å². The van der Waals surface area contributed by atoms with E-state index in [1.165, 1.54) is 0 Å². The summed E-state index contributed by atoms with van der Waals surface area (Å²) >= 11 is 0. The van der Waals surface area contributed by atoms with Crippen LogP contribution < -0.4 is 26.0 Å². The van der Waals surface area contributed by atoms with E-state index in [-0.39, 0.29) is 37.6 Å². The highest BCUT2D eigenvalue weighted by Crippen LogP contribution is 2.42. The molecule has 15 heteroatoms. The third-order valence-electron chi connectivity index (χ3n) is 9.65. The molecule has 2 aliphatic heterocycles. The summed E-state index contributed by atoms with van der Waals surface area (Å²) in [5.41, 5.74) is 6.13.